The molecule has 0 spiro atoms. The highest BCUT2D eigenvalue weighted by Crippen LogP contribution is 2.30. The highest BCUT2D eigenvalue weighted by molar-refractivity contribution is 9.10. The van der Waals surface area contributed by atoms with Gasteiger partial charge in [0.1, 0.15) is 11.3 Å². The van der Waals surface area contributed by atoms with Crippen molar-refractivity contribution < 1.29 is 4.74 Å². The van der Waals surface area contributed by atoms with Crippen molar-refractivity contribution in [3.8, 4) is 17.1 Å². The molecule has 0 amide bonds. The SMILES string of the molecule is COc1cnc(NC2CCC(N)CC2)nc1-c1cnc2ccc(Br)cn12. The minimum atomic E-state index is 0.317. The average Bonchev–Trinajstić information content (AvgIpc) is 3.06. The maximum Gasteiger partial charge on any atom is 0.223 e. The monoisotopic (exact) mass is 416 g/mol. The highest BCUT2D eigenvalue weighted by Gasteiger charge is 2.20. The van der Waals surface area contributed by atoms with E-state index in [1.54, 1.807) is 19.5 Å². The third-order valence-corrected chi connectivity index (χ3v) is 5.26. The van der Waals surface area contributed by atoms with E-state index in [0.717, 1.165) is 41.5 Å². The molecule has 0 saturated heterocycles. The summed E-state index contributed by atoms with van der Waals surface area (Å²) in [4.78, 5) is 13.6. The Morgan fingerprint density at radius 2 is 2.00 bits per heavy atom. The van der Waals surface area contributed by atoms with Gasteiger partial charge in [-0.15, -0.1) is 0 Å². The second kappa shape index (κ2) is 7.20. The second-order valence-corrected chi connectivity index (χ2v) is 7.50. The molecule has 7 nitrogen and oxygen atoms in total. The first-order chi connectivity index (χ1) is 12.6. The van der Waals surface area contributed by atoms with E-state index in [1.807, 2.05) is 22.7 Å². The fraction of sp³-hybridized carbons (Fsp3) is 0.389. The summed E-state index contributed by atoms with van der Waals surface area (Å²) < 4.78 is 8.44. The Balaban J connectivity index is 1.69. The topological polar surface area (TPSA) is 90.4 Å². The molecule has 3 aromatic heterocycles. The van der Waals surface area contributed by atoms with Crippen LogP contribution in [-0.4, -0.2) is 38.5 Å². The third-order valence-electron chi connectivity index (χ3n) is 4.79. The Morgan fingerprint density at radius 3 is 2.77 bits per heavy atom. The summed E-state index contributed by atoms with van der Waals surface area (Å²) in [5.41, 5.74) is 8.41. The van der Waals surface area contributed by atoms with Crippen LogP contribution in [0, 0.1) is 0 Å². The smallest absolute Gasteiger partial charge is 0.223 e. The second-order valence-electron chi connectivity index (χ2n) is 6.59. The van der Waals surface area contributed by atoms with E-state index in [9.17, 15) is 0 Å². The molecule has 1 aliphatic rings. The number of aromatic nitrogens is 4. The molecule has 0 aromatic carbocycles. The Morgan fingerprint density at radius 1 is 1.19 bits per heavy atom. The summed E-state index contributed by atoms with van der Waals surface area (Å²) >= 11 is 3.51. The van der Waals surface area contributed by atoms with Gasteiger partial charge >= 0.3 is 0 Å². The molecular formula is C18H21BrN6O. The number of nitrogens with two attached hydrogens (primary N) is 1. The maximum absolute atomic E-state index is 5.99. The van der Waals surface area contributed by atoms with Crippen LogP contribution in [0.1, 0.15) is 25.7 Å². The fourth-order valence-electron chi connectivity index (χ4n) is 3.35. The predicted molar refractivity (Wildman–Crippen MR) is 104 cm³/mol. The molecule has 8 heteroatoms. The number of hydrogen-bond donors (Lipinski definition) is 2. The lowest BCUT2D eigenvalue weighted by molar-refractivity contribution is 0.407. The number of pyridine rings is 1. The third kappa shape index (κ3) is 3.39. The number of anilines is 1. The Labute approximate surface area is 160 Å². The van der Waals surface area contributed by atoms with Gasteiger partial charge in [-0.05, 0) is 53.7 Å². The first kappa shape index (κ1) is 17.2. The molecule has 3 heterocycles. The standard InChI is InChI=1S/C18H21BrN6O/c1-26-15-9-22-18(23-13-5-3-12(20)4-6-13)24-17(15)14-8-21-16-7-2-11(19)10-25(14)16/h2,7-10,12-13H,3-6,20H2,1H3,(H,22,23,24). The van der Waals surface area contributed by atoms with E-state index in [-0.39, 0.29) is 0 Å². The van der Waals surface area contributed by atoms with E-state index in [4.69, 9.17) is 15.5 Å². The molecule has 0 radical (unpaired) electrons. The van der Waals surface area contributed by atoms with Crippen LogP contribution >= 0.6 is 15.9 Å². The van der Waals surface area contributed by atoms with E-state index < -0.39 is 0 Å². The van der Waals surface area contributed by atoms with E-state index in [2.05, 4.69) is 31.2 Å². The van der Waals surface area contributed by atoms with Crippen LogP contribution in [0.4, 0.5) is 5.95 Å². The number of fused-ring (bicyclic) bond motifs is 1. The summed E-state index contributed by atoms with van der Waals surface area (Å²) in [6.45, 7) is 0. The number of rotatable bonds is 4. The van der Waals surface area contributed by atoms with Crippen LogP contribution in [0.15, 0.2) is 35.2 Å². The normalized spacial score (nSPS) is 20.3. The minimum Gasteiger partial charge on any atom is -0.493 e. The first-order valence-electron chi connectivity index (χ1n) is 8.70. The number of hydrogen-bond acceptors (Lipinski definition) is 6. The lowest BCUT2D eigenvalue weighted by Crippen LogP contribution is -2.33. The van der Waals surface area contributed by atoms with E-state index in [0.29, 0.717) is 29.5 Å². The molecule has 1 aliphatic carbocycles. The van der Waals surface area contributed by atoms with Gasteiger partial charge in [-0.25, -0.2) is 15.0 Å². The zero-order valence-corrected chi connectivity index (χ0v) is 16.1. The molecule has 3 aromatic rings. The van der Waals surface area contributed by atoms with Crippen LogP contribution in [0.5, 0.6) is 5.75 Å². The molecule has 136 valence electrons. The summed E-state index contributed by atoms with van der Waals surface area (Å²) in [5.74, 6) is 1.22. The summed E-state index contributed by atoms with van der Waals surface area (Å²) in [6.07, 6.45) is 9.61. The van der Waals surface area contributed by atoms with Gasteiger partial charge in [-0.3, -0.25) is 4.40 Å². The average molecular weight is 417 g/mol. The Bertz CT molecular complexity index is 919. The van der Waals surface area contributed by atoms with Crippen LogP contribution < -0.4 is 15.8 Å². The number of nitrogens with one attached hydrogen (secondary N) is 1. The van der Waals surface area contributed by atoms with Crippen molar-refractivity contribution >= 4 is 27.5 Å². The van der Waals surface area contributed by atoms with Gasteiger partial charge in [0.2, 0.25) is 5.95 Å². The van der Waals surface area contributed by atoms with Gasteiger partial charge in [0, 0.05) is 22.8 Å². The van der Waals surface area contributed by atoms with Crippen molar-refractivity contribution in [1.29, 1.82) is 0 Å². The zero-order chi connectivity index (χ0) is 18.1. The number of methoxy groups -OCH3 is 1. The molecule has 0 aliphatic heterocycles. The number of nitrogens with zero attached hydrogens (tertiary/aromatic N) is 4. The Hall–Kier alpha value is -2.19. The zero-order valence-electron chi connectivity index (χ0n) is 14.5. The molecule has 0 unspecified atom stereocenters. The molecule has 1 saturated carbocycles. The van der Waals surface area contributed by atoms with Gasteiger partial charge < -0.3 is 15.8 Å². The predicted octanol–water partition coefficient (Wildman–Crippen LogP) is 3.24. The largest absolute Gasteiger partial charge is 0.493 e. The minimum absolute atomic E-state index is 0.317. The maximum atomic E-state index is 5.99. The van der Waals surface area contributed by atoms with Crippen molar-refractivity contribution in [2.24, 2.45) is 5.73 Å². The van der Waals surface area contributed by atoms with E-state index in [1.165, 1.54) is 0 Å². The first-order valence-corrected chi connectivity index (χ1v) is 9.49. The van der Waals surface area contributed by atoms with Crippen LogP contribution in [-0.2, 0) is 0 Å². The van der Waals surface area contributed by atoms with E-state index >= 15 is 0 Å². The molecular weight excluding hydrogens is 396 g/mol. The van der Waals surface area contributed by atoms with Gasteiger partial charge in [-0.2, -0.15) is 0 Å². The molecule has 3 N–H and O–H groups in total. The lowest BCUT2D eigenvalue weighted by atomic mass is 9.92. The number of halogens is 1. The summed E-state index contributed by atoms with van der Waals surface area (Å²) in [6, 6.07) is 4.58. The van der Waals surface area contributed by atoms with Gasteiger partial charge in [-0.1, -0.05) is 0 Å². The van der Waals surface area contributed by atoms with Crippen molar-refractivity contribution in [2.75, 3.05) is 12.4 Å². The van der Waals surface area contributed by atoms with Gasteiger partial charge in [0.05, 0.1) is 25.2 Å². The highest BCUT2D eigenvalue weighted by atomic mass is 79.9. The quantitative estimate of drug-likeness (QED) is 0.678. The lowest BCUT2D eigenvalue weighted by Gasteiger charge is -2.26. The molecule has 4 rings (SSSR count). The van der Waals surface area contributed by atoms with Crippen LogP contribution in [0.2, 0.25) is 0 Å². The van der Waals surface area contributed by atoms with Crippen molar-refractivity contribution in [3.63, 3.8) is 0 Å². The Kier molecular flexibility index (Phi) is 4.78. The van der Waals surface area contributed by atoms with Gasteiger partial charge in [0.25, 0.3) is 0 Å². The summed E-state index contributed by atoms with van der Waals surface area (Å²) in [5, 5.41) is 3.44. The molecule has 0 bridgehead atoms. The molecule has 26 heavy (non-hydrogen) atoms. The van der Waals surface area contributed by atoms with Crippen molar-refractivity contribution in [2.45, 2.75) is 37.8 Å². The molecule has 1 fully saturated rings. The van der Waals surface area contributed by atoms with Crippen molar-refractivity contribution in [1.82, 2.24) is 19.4 Å². The summed E-state index contributed by atoms with van der Waals surface area (Å²) in [7, 11) is 1.62. The van der Waals surface area contributed by atoms with Gasteiger partial charge in [0.15, 0.2) is 5.75 Å². The molecule has 0 atom stereocenters. The fourth-order valence-corrected chi connectivity index (χ4v) is 3.69. The van der Waals surface area contributed by atoms with Crippen LogP contribution in [0.25, 0.3) is 17.0 Å². The van der Waals surface area contributed by atoms with Crippen molar-refractivity contribution in [3.05, 3.63) is 35.2 Å². The number of imidazole rings is 1. The number of ether oxygens (including phenoxy) is 1. The van der Waals surface area contributed by atoms with Crippen LogP contribution in [0.3, 0.4) is 0 Å².